The minimum atomic E-state index is -0.0656. The fraction of sp³-hybridized carbons (Fsp3) is 0.409. The van der Waals surface area contributed by atoms with Gasteiger partial charge in [-0.2, -0.15) is 0 Å². The zero-order valence-corrected chi connectivity index (χ0v) is 16.6. The summed E-state index contributed by atoms with van der Waals surface area (Å²) in [4.78, 5) is 12.4. The second-order valence-corrected chi connectivity index (χ2v) is 6.92. The van der Waals surface area contributed by atoms with E-state index >= 15 is 0 Å². The fourth-order valence-corrected chi connectivity index (χ4v) is 3.11. The third-order valence-corrected chi connectivity index (χ3v) is 4.61. The Morgan fingerprint density at radius 3 is 2.19 bits per heavy atom. The molecule has 0 heterocycles. The van der Waals surface area contributed by atoms with Crippen LogP contribution < -0.4 is 14.8 Å². The summed E-state index contributed by atoms with van der Waals surface area (Å²) in [7, 11) is 3.33. The normalized spacial score (nSPS) is 12.0. The number of methoxy groups -OCH3 is 2. The number of carbonyl (C=O) groups is 1. The van der Waals surface area contributed by atoms with E-state index in [0.29, 0.717) is 12.3 Å². The summed E-state index contributed by atoms with van der Waals surface area (Å²) in [6.45, 7) is 8.35. The fourth-order valence-electron chi connectivity index (χ4n) is 3.11. The van der Waals surface area contributed by atoms with Gasteiger partial charge >= 0.3 is 0 Å². The van der Waals surface area contributed by atoms with Crippen LogP contribution in [0, 0.1) is 6.92 Å². The molecular weight excluding hydrogens is 326 g/mol. The van der Waals surface area contributed by atoms with Gasteiger partial charge in [0.05, 0.1) is 26.7 Å². The summed E-state index contributed by atoms with van der Waals surface area (Å²) < 4.78 is 10.7. The van der Waals surface area contributed by atoms with Crippen LogP contribution in [0.15, 0.2) is 36.4 Å². The summed E-state index contributed by atoms with van der Waals surface area (Å²) in [5.41, 5.74) is 4.36. The van der Waals surface area contributed by atoms with Crippen molar-refractivity contribution in [2.75, 3.05) is 14.2 Å². The number of amides is 1. The average molecular weight is 355 g/mol. The molecule has 0 aromatic heterocycles. The molecule has 2 aromatic rings. The van der Waals surface area contributed by atoms with Gasteiger partial charge in [0.2, 0.25) is 5.91 Å². The van der Waals surface area contributed by atoms with Crippen LogP contribution in [0.3, 0.4) is 0 Å². The summed E-state index contributed by atoms with van der Waals surface area (Å²) in [5.74, 6) is 2.05. The number of benzene rings is 2. The van der Waals surface area contributed by atoms with E-state index in [1.807, 2.05) is 38.1 Å². The van der Waals surface area contributed by atoms with Crippen molar-refractivity contribution in [3.05, 3.63) is 58.7 Å². The quantitative estimate of drug-likeness (QED) is 0.792. The van der Waals surface area contributed by atoms with Crippen LogP contribution in [0.4, 0.5) is 0 Å². The van der Waals surface area contributed by atoms with Crippen molar-refractivity contribution in [3.63, 3.8) is 0 Å². The van der Waals surface area contributed by atoms with Gasteiger partial charge in [0, 0.05) is 0 Å². The van der Waals surface area contributed by atoms with Gasteiger partial charge < -0.3 is 14.8 Å². The zero-order valence-electron chi connectivity index (χ0n) is 16.6. The van der Waals surface area contributed by atoms with E-state index in [-0.39, 0.29) is 11.9 Å². The highest BCUT2D eigenvalue weighted by molar-refractivity contribution is 5.79. The van der Waals surface area contributed by atoms with Gasteiger partial charge in [-0.3, -0.25) is 4.79 Å². The van der Waals surface area contributed by atoms with Crippen LogP contribution in [-0.4, -0.2) is 20.1 Å². The molecule has 140 valence electrons. The van der Waals surface area contributed by atoms with Crippen molar-refractivity contribution in [2.45, 2.75) is 46.1 Å². The summed E-state index contributed by atoms with van der Waals surface area (Å²) in [6, 6.07) is 11.7. The molecule has 4 heteroatoms. The highest BCUT2D eigenvalue weighted by Crippen LogP contribution is 2.32. The van der Waals surface area contributed by atoms with E-state index in [9.17, 15) is 4.79 Å². The molecule has 0 saturated heterocycles. The molecule has 0 radical (unpaired) electrons. The van der Waals surface area contributed by atoms with Gasteiger partial charge in [0.1, 0.15) is 11.5 Å². The van der Waals surface area contributed by atoms with E-state index in [1.54, 1.807) is 14.2 Å². The van der Waals surface area contributed by atoms with Gasteiger partial charge in [0.25, 0.3) is 0 Å². The Morgan fingerprint density at radius 2 is 1.65 bits per heavy atom. The Labute approximate surface area is 156 Å². The van der Waals surface area contributed by atoms with Gasteiger partial charge in [-0.15, -0.1) is 0 Å². The largest absolute Gasteiger partial charge is 0.497 e. The predicted octanol–water partition coefficient (Wildman–Crippen LogP) is 4.56. The van der Waals surface area contributed by atoms with E-state index in [1.165, 1.54) is 0 Å². The van der Waals surface area contributed by atoms with E-state index in [2.05, 4.69) is 31.3 Å². The number of nitrogens with one attached hydrogen (secondary N) is 1. The first-order valence-electron chi connectivity index (χ1n) is 8.96. The first-order valence-corrected chi connectivity index (χ1v) is 8.96. The number of aryl methyl sites for hydroxylation is 1. The first-order chi connectivity index (χ1) is 12.3. The maximum absolute atomic E-state index is 12.4. The highest BCUT2D eigenvalue weighted by Gasteiger charge is 2.17. The van der Waals surface area contributed by atoms with E-state index in [0.717, 1.165) is 33.8 Å². The van der Waals surface area contributed by atoms with E-state index in [4.69, 9.17) is 9.47 Å². The Morgan fingerprint density at radius 1 is 1.00 bits per heavy atom. The smallest absolute Gasteiger partial charge is 0.224 e. The molecule has 26 heavy (non-hydrogen) atoms. The number of ether oxygens (including phenoxy) is 2. The lowest BCUT2D eigenvalue weighted by Crippen LogP contribution is -2.28. The minimum Gasteiger partial charge on any atom is -0.497 e. The van der Waals surface area contributed by atoms with Gasteiger partial charge in [-0.25, -0.2) is 0 Å². The molecule has 1 amide bonds. The number of rotatable bonds is 7. The maximum atomic E-state index is 12.4. The Hall–Kier alpha value is -2.49. The molecule has 0 fully saturated rings. The second kappa shape index (κ2) is 8.75. The minimum absolute atomic E-state index is 0.00369. The summed E-state index contributed by atoms with van der Waals surface area (Å²) >= 11 is 0. The molecular formula is C22H29NO3. The Balaban J connectivity index is 2.11. The average Bonchev–Trinajstić information content (AvgIpc) is 2.61. The van der Waals surface area contributed by atoms with Crippen molar-refractivity contribution in [1.29, 1.82) is 0 Å². The van der Waals surface area contributed by atoms with E-state index < -0.39 is 0 Å². The molecule has 0 bridgehead atoms. The van der Waals surface area contributed by atoms with Crippen molar-refractivity contribution < 1.29 is 14.3 Å². The molecule has 0 saturated carbocycles. The van der Waals surface area contributed by atoms with Gasteiger partial charge in [-0.05, 0) is 66.3 Å². The monoisotopic (exact) mass is 355 g/mol. The third kappa shape index (κ3) is 4.78. The molecule has 1 atom stereocenters. The predicted molar refractivity (Wildman–Crippen MR) is 105 cm³/mol. The molecule has 1 N–H and O–H groups in total. The SMILES string of the molecule is COc1ccc(CC(=O)NC(C)c2cc(C(C)C)c(OC)cc2C)cc1. The van der Waals surface area contributed by atoms with Crippen LogP contribution in [-0.2, 0) is 11.2 Å². The molecule has 1 unspecified atom stereocenters. The lowest BCUT2D eigenvalue weighted by Gasteiger charge is -2.21. The Bertz CT molecular complexity index is 751. The maximum Gasteiger partial charge on any atom is 0.224 e. The molecule has 0 aliphatic heterocycles. The third-order valence-electron chi connectivity index (χ3n) is 4.61. The lowest BCUT2D eigenvalue weighted by molar-refractivity contribution is -0.121. The van der Waals surface area contributed by atoms with Crippen LogP contribution in [0.2, 0.25) is 0 Å². The second-order valence-electron chi connectivity index (χ2n) is 6.92. The number of hydrogen-bond acceptors (Lipinski definition) is 3. The van der Waals surface area contributed by atoms with Gasteiger partial charge in [0.15, 0.2) is 0 Å². The van der Waals surface area contributed by atoms with Crippen molar-refractivity contribution >= 4 is 5.91 Å². The van der Waals surface area contributed by atoms with Crippen molar-refractivity contribution in [2.24, 2.45) is 0 Å². The molecule has 0 spiro atoms. The summed E-state index contributed by atoms with van der Waals surface area (Å²) in [5, 5.41) is 3.11. The standard InChI is InChI=1S/C22H29NO3/c1-14(2)19-13-20(15(3)11-21(19)26-6)16(4)23-22(24)12-17-7-9-18(25-5)10-8-17/h7-11,13-14,16H,12H2,1-6H3,(H,23,24). The zero-order chi connectivity index (χ0) is 19.3. The number of carbonyl (C=O) groups excluding carboxylic acids is 1. The topological polar surface area (TPSA) is 47.6 Å². The van der Waals surface area contributed by atoms with Crippen LogP contribution in [0.25, 0.3) is 0 Å². The molecule has 2 aromatic carbocycles. The highest BCUT2D eigenvalue weighted by atomic mass is 16.5. The van der Waals surface area contributed by atoms with Crippen molar-refractivity contribution in [1.82, 2.24) is 5.32 Å². The van der Waals surface area contributed by atoms with Gasteiger partial charge in [-0.1, -0.05) is 26.0 Å². The Kier molecular flexibility index (Phi) is 6.67. The molecule has 4 nitrogen and oxygen atoms in total. The first kappa shape index (κ1) is 19.8. The lowest BCUT2D eigenvalue weighted by atomic mass is 9.93. The van der Waals surface area contributed by atoms with Crippen molar-refractivity contribution in [3.8, 4) is 11.5 Å². The molecule has 0 aliphatic rings. The number of hydrogen-bond donors (Lipinski definition) is 1. The van der Waals surface area contributed by atoms with Crippen LogP contribution in [0.5, 0.6) is 11.5 Å². The summed E-state index contributed by atoms with van der Waals surface area (Å²) in [6.07, 6.45) is 0.348. The van der Waals surface area contributed by atoms with Crippen LogP contribution in [0.1, 0.15) is 55.0 Å². The molecule has 0 aliphatic carbocycles. The molecule has 2 rings (SSSR count). The van der Waals surface area contributed by atoms with Crippen LogP contribution >= 0.6 is 0 Å².